The van der Waals surface area contributed by atoms with Crippen molar-refractivity contribution in [1.29, 1.82) is 0 Å². The van der Waals surface area contributed by atoms with Crippen molar-refractivity contribution >= 4 is 5.91 Å². The van der Waals surface area contributed by atoms with Crippen molar-refractivity contribution in [2.45, 2.75) is 25.4 Å². The highest BCUT2D eigenvalue weighted by molar-refractivity contribution is 5.76. The number of aromatic nitrogens is 1. The van der Waals surface area contributed by atoms with Crippen LogP contribution in [0.3, 0.4) is 0 Å². The number of nitrogens with zero attached hydrogens (tertiary/aromatic N) is 1. The highest BCUT2D eigenvalue weighted by Gasteiger charge is 2.29. The quantitative estimate of drug-likeness (QED) is 0.829. The molecule has 24 heavy (non-hydrogen) atoms. The molecule has 1 aliphatic heterocycles. The number of nitrogens with one attached hydrogen (secondary N) is 1. The fraction of sp³-hybridized carbons (Fsp3) is 0.263. The lowest BCUT2D eigenvalue weighted by atomic mass is 10.0. The fourth-order valence-corrected chi connectivity index (χ4v) is 2.79. The number of ether oxygens (including phenoxy) is 1. The topological polar surface area (TPSA) is 51.2 Å². The van der Waals surface area contributed by atoms with Crippen molar-refractivity contribution in [2.75, 3.05) is 6.54 Å². The number of hydrogen-bond acceptors (Lipinski definition) is 3. The van der Waals surface area contributed by atoms with Gasteiger partial charge in [0.1, 0.15) is 17.7 Å². The van der Waals surface area contributed by atoms with E-state index in [4.69, 9.17) is 4.74 Å². The summed E-state index contributed by atoms with van der Waals surface area (Å²) in [5.74, 6) is 0.235. The first-order valence-electron chi connectivity index (χ1n) is 7.95. The summed E-state index contributed by atoms with van der Waals surface area (Å²) in [7, 11) is 0. The lowest BCUT2D eigenvalue weighted by Crippen LogP contribution is -2.34. The summed E-state index contributed by atoms with van der Waals surface area (Å²) in [5, 5.41) is 2.83. The normalized spacial score (nSPS) is 15.5. The molecular formula is C19H19FN2O2. The van der Waals surface area contributed by atoms with Gasteiger partial charge in [-0.05, 0) is 36.2 Å². The van der Waals surface area contributed by atoms with Gasteiger partial charge in [0.2, 0.25) is 5.91 Å². The number of allylic oxidation sites excluding steroid dienone is 1. The SMILES string of the molecule is C=CCCC(=O)NC[C@H]1Cc2c(F)ccc(-c3ccncc3)c2O1. The van der Waals surface area contributed by atoms with Crippen LogP contribution in [0.25, 0.3) is 11.1 Å². The molecule has 0 radical (unpaired) electrons. The second-order valence-corrected chi connectivity index (χ2v) is 5.71. The Morgan fingerprint density at radius 2 is 2.17 bits per heavy atom. The average Bonchev–Trinajstić information content (AvgIpc) is 3.04. The van der Waals surface area contributed by atoms with Gasteiger partial charge in [0.15, 0.2) is 0 Å². The first kappa shape index (κ1) is 16.2. The zero-order valence-electron chi connectivity index (χ0n) is 13.3. The number of halogens is 1. The van der Waals surface area contributed by atoms with Crippen molar-refractivity contribution in [3.8, 4) is 16.9 Å². The third kappa shape index (κ3) is 3.45. The van der Waals surface area contributed by atoms with Crippen molar-refractivity contribution in [2.24, 2.45) is 0 Å². The van der Waals surface area contributed by atoms with E-state index in [0.29, 0.717) is 37.1 Å². The molecule has 0 spiro atoms. The Hall–Kier alpha value is -2.69. The molecule has 3 rings (SSSR count). The molecule has 1 atom stereocenters. The van der Waals surface area contributed by atoms with Crippen LogP contribution in [0, 0.1) is 5.82 Å². The second-order valence-electron chi connectivity index (χ2n) is 5.71. The Bertz CT molecular complexity index is 747. The minimum absolute atomic E-state index is 0.0516. The van der Waals surface area contributed by atoms with Crippen LogP contribution in [0.5, 0.6) is 5.75 Å². The number of carbonyl (C=O) groups is 1. The molecule has 0 saturated heterocycles. The average molecular weight is 326 g/mol. The fourth-order valence-electron chi connectivity index (χ4n) is 2.79. The number of rotatable bonds is 6. The van der Waals surface area contributed by atoms with E-state index in [1.54, 1.807) is 24.5 Å². The predicted molar refractivity (Wildman–Crippen MR) is 90.2 cm³/mol. The Morgan fingerprint density at radius 3 is 2.92 bits per heavy atom. The molecule has 2 aromatic rings. The number of hydrogen-bond donors (Lipinski definition) is 1. The maximum Gasteiger partial charge on any atom is 0.220 e. The third-order valence-corrected chi connectivity index (χ3v) is 4.01. The van der Waals surface area contributed by atoms with Gasteiger partial charge >= 0.3 is 0 Å². The molecule has 124 valence electrons. The molecule has 0 unspecified atom stereocenters. The van der Waals surface area contributed by atoms with Crippen LogP contribution in [0.15, 0.2) is 49.3 Å². The van der Waals surface area contributed by atoms with Crippen LogP contribution in [0.1, 0.15) is 18.4 Å². The summed E-state index contributed by atoms with van der Waals surface area (Å²) in [6.07, 6.45) is 6.32. The van der Waals surface area contributed by atoms with Crippen LogP contribution >= 0.6 is 0 Å². The van der Waals surface area contributed by atoms with E-state index in [2.05, 4.69) is 16.9 Å². The molecule has 0 aliphatic carbocycles. The molecule has 2 heterocycles. The van der Waals surface area contributed by atoms with Gasteiger partial charge in [-0.15, -0.1) is 6.58 Å². The van der Waals surface area contributed by atoms with Gasteiger partial charge in [-0.2, -0.15) is 0 Å². The summed E-state index contributed by atoms with van der Waals surface area (Å²) in [6.45, 7) is 3.96. The van der Waals surface area contributed by atoms with E-state index >= 15 is 0 Å². The minimum Gasteiger partial charge on any atom is -0.487 e. The first-order chi connectivity index (χ1) is 11.7. The number of pyridine rings is 1. The Balaban J connectivity index is 1.73. The number of benzene rings is 1. The van der Waals surface area contributed by atoms with E-state index in [9.17, 15) is 9.18 Å². The van der Waals surface area contributed by atoms with Crippen molar-refractivity contribution in [3.63, 3.8) is 0 Å². The van der Waals surface area contributed by atoms with E-state index in [1.165, 1.54) is 6.07 Å². The van der Waals surface area contributed by atoms with Crippen LogP contribution in [0.2, 0.25) is 0 Å². The van der Waals surface area contributed by atoms with Crippen LogP contribution < -0.4 is 10.1 Å². The summed E-state index contributed by atoms with van der Waals surface area (Å²) in [5.41, 5.74) is 2.33. The number of amides is 1. The van der Waals surface area contributed by atoms with Gasteiger partial charge in [0, 0.05) is 36.4 Å². The smallest absolute Gasteiger partial charge is 0.220 e. The predicted octanol–water partition coefficient (Wildman–Crippen LogP) is 3.27. The van der Waals surface area contributed by atoms with Crippen molar-refractivity contribution in [1.82, 2.24) is 10.3 Å². The molecule has 0 fully saturated rings. The van der Waals surface area contributed by atoms with Gasteiger partial charge in [-0.1, -0.05) is 6.08 Å². The first-order valence-corrected chi connectivity index (χ1v) is 7.95. The molecule has 0 saturated carbocycles. The van der Waals surface area contributed by atoms with Crippen LogP contribution in [-0.2, 0) is 11.2 Å². The van der Waals surface area contributed by atoms with Crippen molar-refractivity contribution in [3.05, 3.63) is 60.7 Å². The van der Waals surface area contributed by atoms with E-state index in [1.807, 2.05) is 12.1 Å². The highest BCUT2D eigenvalue weighted by Crippen LogP contribution is 2.39. The lowest BCUT2D eigenvalue weighted by molar-refractivity contribution is -0.121. The maximum absolute atomic E-state index is 14.1. The maximum atomic E-state index is 14.1. The van der Waals surface area contributed by atoms with Gasteiger partial charge in [0.25, 0.3) is 0 Å². The number of carbonyl (C=O) groups excluding carboxylic acids is 1. The largest absolute Gasteiger partial charge is 0.487 e. The molecule has 1 aliphatic rings. The molecule has 1 amide bonds. The van der Waals surface area contributed by atoms with Gasteiger partial charge < -0.3 is 10.1 Å². The zero-order chi connectivity index (χ0) is 16.9. The molecule has 1 aromatic carbocycles. The van der Waals surface area contributed by atoms with E-state index in [-0.39, 0.29) is 17.8 Å². The van der Waals surface area contributed by atoms with Crippen molar-refractivity contribution < 1.29 is 13.9 Å². The number of fused-ring (bicyclic) bond motifs is 1. The van der Waals surface area contributed by atoms with Gasteiger partial charge in [-0.25, -0.2) is 4.39 Å². The molecular weight excluding hydrogens is 307 g/mol. The Morgan fingerprint density at radius 1 is 1.38 bits per heavy atom. The van der Waals surface area contributed by atoms with E-state index in [0.717, 1.165) is 11.1 Å². The molecule has 1 N–H and O–H groups in total. The van der Waals surface area contributed by atoms with Gasteiger partial charge in [0.05, 0.1) is 6.54 Å². The zero-order valence-corrected chi connectivity index (χ0v) is 13.3. The molecule has 5 heteroatoms. The van der Waals surface area contributed by atoms with Crippen LogP contribution in [0.4, 0.5) is 4.39 Å². The summed E-state index contributed by atoms with van der Waals surface area (Å²) in [4.78, 5) is 15.7. The van der Waals surface area contributed by atoms with E-state index < -0.39 is 0 Å². The summed E-state index contributed by atoms with van der Waals surface area (Å²) in [6, 6.07) is 6.90. The Labute approximate surface area is 140 Å². The molecule has 4 nitrogen and oxygen atoms in total. The molecule has 1 aromatic heterocycles. The Kier molecular flexibility index (Phi) is 4.89. The van der Waals surface area contributed by atoms with Crippen LogP contribution in [-0.4, -0.2) is 23.5 Å². The third-order valence-electron chi connectivity index (χ3n) is 4.01. The summed E-state index contributed by atoms with van der Waals surface area (Å²) < 4.78 is 20.1. The molecule has 0 bridgehead atoms. The minimum atomic E-state index is -0.275. The standard InChI is InChI=1S/C19H19FN2O2/c1-2-3-4-18(23)22-12-14-11-16-17(20)6-5-15(19(16)24-14)13-7-9-21-10-8-13/h2,5-10,14H,1,3-4,11-12H2,(H,22,23)/t14-/m1/s1. The highest BCUT2D eigenvalue weighted by atomic mass is 19.1. The summed E-state index contributed by atoms with van der Waals surface area (Å²) >= 11 is 0. The monoisotopic (exact) mass is 326 g/mol. The lowest BCUT2D eigenvalue weighted by Gasteiger charge is -2.13. The van der Waals surface area contributed by atoms with Gasteiger partial charge in [-0.3, -0.25) is 9.78 Å². The second kappa shape index (κ2) is 7.25.